The Morgan fingerprint density at radius 1 is 0.867 bits per heavy atom. The summed E-state index contributed by atoms with van der Waals surface area (Å²) in [6.07, 6.45) is 2.36. The number of carboxylic acids is 1. The second-order valence-electron chi connectivity index (χ2n) is 15.5. The lowest BCUT2D eigenvalue weighted by molar-refractivity contribution is -0.139. The minimum atomic E-state index is -1.14. The number of carboxylic acid groups (broad SMARTS) is 1. The molecule has 0 saturated carbocycles. The average molecular weight is 844 g/mol. The van der Waals surface area contributed by atoms with Crippen LogP contribution in [0, 0.1) is 17.7 Å². The van der Waals surface area contributed by atoms with Crippen LogP contribution in [0.15, 0.2) is 133 Å². The normalized spacial score (nSPS) is 15.6. The van der Waals surface area contributed by atoms with E-state index in [-0.39, 0.29) is 35.4 Å². The molecule has 1 aliphatic heterocycles. The van der Waals surface area contributed by atoms with E-state index in [0.29, 0.717) is 17.0 Å². The van der Waals surface area contributed by atoms with Crippen LogP contribution in [0.4, 0.5) is 14.9 Å². The number of hydrogen-bond acceptors (Lipinski definition) is 7. The van der Waals surface area contributed by atoms with E-state index in [4.69, 9.17) is 4.74 Å². The molecule has 1 saturated heterocycles. The highest BCUT2D eigenvalue weighted by atomic mass is 32.2. The van der Waals surface area contributed by atoms with Gasteiger partial charge < -0.3 is 20.5 Å². The van der Waals surface area contributed by atoms with E-state index in [1.54, 1.807) is 23.1 Å². The number of nitrogens with one attached hydrogen (secondary N) is 2. The molecule has 2 unspecified atom stereocenters. The summed E-state index contributed by atoms with van der Waals surface area (Å²) in [7, 11) is 0. The summed E-state index contributed by atoms with van der Waals surface area (Å²) in [5.74, 6) is 4.44. The Balaban J connectivity index is 1.41. The van der Waals surface area contributed by atoms with Gasteiger partial charge in [0.25, 0.3) is 5.91 Å². The summed E-state index contributed by atoms with van der Waals surface area (Å²) in [5, 5.41) is 16.3. The van der Waals surface area contributed by atoms with Gasteiger partial charge in [0.2, 0.25) is 0 Å². The Hall–Kier alpha value is -5.54. The van der Waals surface area contributed by atoms with E-state index in [0.717, 1.165) is 29.7 Å². The number of anilines is 1. The highest BCUT2D eigenvalue weighted by Gasteiger charge is 2.43. The number of rotatable bonds is 14. The van der Waals surface area contributed by atoms with Crippen LogP contribution in [-0.4, -0.2) is 71.1 Å². The van der Waals surface area contributed by atoms with E-state index in [1.165, 1.54) is 36.0 Å². The molecule has 3 atom stereocenters. The highest BCUT2D eigenvalue weighted by molar-refractivity contribution is 8.01. The molecule has 1 heterocycles. The summed E-state index contributed by atoms with van der Waals surface area (Å²) >= 11 is 3.35. The zero-order valence-electron chi connectivity index (χ0n) is 34.2. The Morgan fingerprint density at radius 3 is 1.98 bits per heavy atom. The Labute approximate surface area is 360 Å². The number of carbonyl (C=O) groups excluding carboxylic acids is 2. The lowest BCUT2D eigenvalue weighted by Gasteiger charge is -2.39. The molecule has 8 nitrogen and oxygen atoms in total. The maximum Gasteiger partial charge on any atom is 0.414 e. The summed E-state index contributed by atoms with van der Waals surface area (Å²) < 4.78 is 19.2. The number of hydrogen-bond donors (Lipinski definition) is 3. The van der Waals surface area contributed by atoms with E-state index >= 15 is 0 Å². The van der Waals surface area contributed by atoms with Crippen molar-refractivity contribution in [3.05, 3.63) is 173 Å². The third-order valence-electron chi connectivity index (χ3n) is 10.1. The summed E-state index contributed by atoms with van der Waals surface area (Å²) in [6.45, 7) is 6.40. The lowest BCUT2D eigenvalue weighted by Crippen LogP contribution is -2.47. The number of thioether (sulfide) groups is 2. The molecule has 2 amide bonds. The van der Waals surface area contributed by atoms with E-state index < -0.39 is 40.2 Å². The molecule has 0 spiro atoms. The zero-order chi connectivity index (χ0) is 42.7. The Kier molecular flexibility index (Phi) is 14.8. The number of carbonyl (C=O) groups is 3. The smallest absolute Gasteiger partial charge is 0.414 e. The maximum absolute atomic E-state index is 14.3. The predicted octanol–water partition coefficient (Wildman–Crippen LogP) is 9.36. The molecule has 0 bridgehead atoms. The van der Waals surface area contributed by atoms with Crippen LogP contribution in [0.3, 0.4) is 0 Å². The maximum atomic E-state index is 14.3. The summed E-state index contributed by atoms with van der Waals surface area (Å²) in [6, 6.07) is 40.7. The van der Waals surface area contributed by atoms with Gasteiger partial charge in [-0.2, -0.15) is 11.8 Å². The largest absolute Gasteiger partial charge is 0.480 e. The van der Waals surface area contributed by atoms with Crippen molar-refractivity contribution in [2.24, 2.45) is 0 Å². The number of aliphatic carboxylic acids is 1. The molecular formula is C49H50FN3O5S2. The third-order valence-corrected chi connectivity index (χ3v) is 12.7. The minimum absolute atomic E-state index is 0.0209. The minimum Gasteiger partial charge on any atom is -0.480 e. The van der Waals surface area contributed by atoms with Crippen molar-refractivity contribution in [1.29, 1.82) is 0 Å². The van der Waals surface area contributed by atoms with Crippen LogP contribution >= 0.6 is 23.5 Å². The first-order chi connectivity index (χ1) is 28.9. The van der Waals surface area contributed by atoms with Crippen LogP contribution in [0.1, 0.15) is 71.8 Å². The highest BCUT2D eigenvalue weighted by Crippen LogP contribution is 2.52. The first-order valence-corrected chi connectivity index (χ1v) is 22.2. The summed E-state index contributed by atoms with van der Waals surface area (Å²) in [5.41, 5.74) is 3.95. The van der Waals surface area contributed by atoms with Gasteiger partial charge in [-0.05, 0) is 111 Å². The van der Waals surface area contributed by atoms with Gasteiger partial charge in [-0.3, -0.25) is 9.69 Å². The molecule has 60 heavy (non-hydrogen) atoms. The molecule has 5 aromatic carbocycles. The van der Waals surface area contributed by atoms with Crippen molar-refractivity contribution >= 4 is 47.2 Å². The first kappa shape index (κ1) is 44.0. The van der Waals surface area contributed by atoms with Gasteiger partial charge in [-0.1, -0.05) is 103 Å². The van der Waals surface area contributed by atoms with Crippen LogP contribution in [-0.2, 0) is 14.3 Å². The summed E-state index contributed by atoms with van der Waals surface area (Å²) in [4.78, 5) is 41.8. The molecular weight excluding hydrogens is 794 g/mol. The predicted molar refractivity (Wildman–Crippen MR) is 241 cm³/mol. The van der Waals surface area contributed by atoms with Gasteiger partial charge in [-0.15, -0.1) is 11.8 Å². The zero-order valence-corrected chi connectivity index (χ0v) is 35.8. The fourth-order valence-corrected chi connectivity index (χ4v) is 9.54. The van der Waals surface area contributed by atoms with Crippen molar-refractivity contribution in [3.8, 4) is 11.8 Å². The van der Waals surface area contributed by atoms with Gasteiger partial charge in [0.15, 0.2) is 0 Å². The molecule has 5 aromatic rings. The van der Waals surface area contributed by atoms with Crippen LogP contribution in [0.5, 0.6) is 0 Å². The van der Waals surface area contributed by atoms with Crippen molar-refractivity contribution in [2.75, 3.05) is 30.0 Å². The molecule has 0 aliphatic carbocycles. The van der Waals surface area contributed by atoms with E-state index in [9.17, 15) is 23.9 Å². The Bertz CT molecular complexity index is 2200. The van der Waals surface area contributed by atoms with Crippen molar-refractivity contribution in [3.63, 3.8) is 0 Å². The van der Waals surface area contributed by atoms with Crippen molar-refractivity contribution < 1.29 is 28.6 Å². The number of benzene rings is 5. The SMILES string of the molecule is CSCC[C@H](NC(=O)c1ccc(N(CC2NCCC2SC(c2ccccc2)(c2ccccc2)c2ccccc2)C(=O)OC(C)(C)C)cc1C#Cc1ccc(F)cc1)C(=O)O. The molecule has 6 rings (SSSR count). The number of nitrogens with zero attached hydrogens (tertiary/aromatic N) is 1. The topological polar surface area (TPSA) is 108 Å². The molecule has 3 N–H and O–H groups in total. The van der Waals surface area contributed by atoms with Crippen molar-refractivity contribution in [1.82, 2.24) is 10.6 Å². The standard InChI is InChI=1S/C49H50FN3O5S2/c1-48(2,3)58-47(57)53(40-26-27-41(45(54)52-42(46(55)56)29-31-59-4)35(32-40)23-20-34-21-24-39(50)25-22-34)33-43-44(28-30-51-43)60-49(36-14-8-5-9-15-36,37-16-10-6-11-17-37)38-18-12-7-13-19-38/h5-19,21-22,24-27,32,42-44,51H,28-31,33H2,1-4H3,(H,52,54)(H,55,56)/t42-,43?,44?/m0/s1. The Morgan fingerprint density at radius 2 is 1.45 bits per heavy atom. The van der Waals surface area contributed by atoms with Crippen LogP contribution < -0.4 is 15.5 Å². The van der Waals surface area contributed by atoms with Gasteiger partial charge in [0.1, 0.15) is 17.5 Å². The number of ether oxygens (including phenoxy) is 1. The third kappa shape index (κ3) is 11.0. The molecule has 11 heteroatoms. The van der Waals surface area contributed by atoms with Gasteiger partial charge >= 0.3 is 12.1 Å². The molecule has 1 fully saturated rings. The van der Waals surface area contributed by atoms with Gasteiger partial charge in [0.05, 0.1) is 10.3 Å². The van der Waals surface area contributed by atoms with Crippen molar-refractivity contribution in [2.45, 2.75) is 61.3 Å². The fourth-order valence-electron chi connectivity index (χ4n) is 7.22. The van der Waals surface area contributed by atoms with E-state index in [2.05, 4.69) is 95.3 Å². The second kappa shape index (κ2) is 20.1. The fraction of sp³-hybridized carbons (Fsp3) is 0.286. The molecule has 0 radical (unpaired) electrons. The lowest BCUT2D eigenvalue weighted by atomic mass is 9.84. The van der Waals surface area contributed by atoms with E-state index in [1.807, 2.05) is 57.0 Å². The number of amides is 2. The average Bonchev–Trinajstić information content (AvgIpc) is 3.69. The monoisotopic (exact) mass is 843 g/mol. The quantitative estimate of drug-likeness (QED) is 0.0751. The number of halogens is 1. The van der Waals surface area contributed by atoms with Gasteiger partial charge in [-0.25, -0.2) is 14.0 Å². The molecule has 1 aliphatic rings. The van der Waals surface area contributed by atoms with Crippen LogP contribution in [0.25, 0.3) is 0 Å². The van der Waals surface area contributed by atoms with Crippen LogP contribution in [0.2, 0.25) is 0 Å². The second-order valence-corrected chi connectivity index (χ2v) is 17.9. The first-order valence-electron chi connectivity index (χ1n) is 19.9. The van der Waals surface area contributed by atoms with Gasteiger partial charge in [0, 0.05) is 34.7 Å². The molecule has 310 valence electrons. The molecule has 0 aromatic heterocycles.